The fraction of sp³-hybridized carbons (Fsp3) is 0.562. The lowest BCUT2D eigenvalue weighted by molar-refractivity contribution is -0.137. The van der Waals surface area contributed by atoms with E-state index in [1.54, 1.807) is 9.80 Å². The molecule has 0 atom stereocenters. The average molecular weight is 425 g/mol. The molecule has 0 unspecified atom stereocenters. The predicted molar refractivity (Wildman–Crippen MR) is 98.8 cm³/mol. The molecule has 0 radical (unpaired) electrons. The van der Waals surface area contributed by atoms with E-state index < -0.39 is 17.6 Å². The van der Waals surface area contributed by atoms with Gasteiger partial charge >= 0.3 is 6.18 Å². The van der Waals surface area contributed by atoms with Gasteiger partial charge < -0.3 is 15.5 Å². The van der Waals surface area contributed by atoms with Crippen LogP contribution in [0.1, 0.15) is 18.4 Å². The topological polar surface area (TPSA) is 79.5 Å². The highest BCUT2D eigenvalue weighted by atomic mass is 35.5. The molecule has 1 aliphatic heterocycles. The van der Waals surface area contributed by atoms with Crippen LogP contribution in [0.15, 0.2) is 12.3 Å². The summed E-state index contributed by atoms with van der Waals surface area (Å²) in [4.78, 5) is 30.3. The first-order valence-corrected chi connectivity index (χ1v) is 9.83. The molecule has 6 nitrogen and oxygen atoms in total. The zero-order valence-corrected chi connectivity index (χ0v) is 16.0. The van der Waals surface area contributed by atoms with E-state index in [1.807, 2.05) is 0 Å². The number of hydrogen-bond acceptors (Lipinski definition) is 5. The summed E-state index contributed by atoms with van der Waals surface area (Å²) in [6, 6.07) is 0.869. The van der Waals surface area contributed by atoms with Gasteiger partial charge in [-0.2, -0.15) is 24.9 Å². The number of carbonyl (C=O) groups is 2. The Morgan fingerprint density at radius 1 is 1.26 bits per heavy atom. The molecule has 0 bridgehead atoms. The standard InChI is InChI=1S/C16H20ClF3N4O2S/c17-12-8-11(16(18,19)20)9-22-15(12)24-4-1-3-23(5-6-24)14(26)2-7-27-10-13(21)25/h8-9H,1-7,10H2,(H2,21,25). The Kier molecular flexibility index (Phi) is 7.60. The van der Waals surface area contributed by atoms with Gasteiger partial charge in [-0.3, -0.25) is 9.59 Å². The Morgan fingerprint density at radius 2 is 2.00 bits per heavy atom. The van der Waals surface area contributed by atoms with Gasteiger partial charge in [0, 0.05) is 44.5 Å². The van der Waals surface area contributed by atoms with Crippen molar-refractivity contribution in [2.24, 2.45) is 5.73 Å². The van der Waals surface area contributed by atoms with E-state index in [-0.39, 0.29) is 22.5 Å². The van der Waals surface area contributed by atoms with Crippen LogP contribution >= 0.6 is 23.4 Å². The van der Waals surface area contributed by atoms with Crippen molar-refractivity contribution in [1.29, 1.82) is 0 Å². The van der Waals surface area contributed by atoms with Crippen LogP contribution in [0, 0.1) is 0 Å². The zero-order valence-electron chi connectivity index (χ0n) is 14.5. The van der Waals surface area contributed by atoms with Gasteiger partial charge in [0.15, 0.2) is 0 Å². The second kappa shape index (κ2) is 9.50. The third kappa shape index (κ3) is 6.46. The van der Waals surface area contributed by atoms with Crippen molar-refractivity contribution in [2.45, 2.75) is 19.0 Å². The third-order valence-electron chi connectivity index (χ3n) is 4.00. The Balaban J connectivity index is 1.92. The van der Waals surface area contributed by atoms with Gasteiger partial charge in [-0.05, 0) is 12.5 Å². The fourth-order valence-corrected chi connectivity index (χ4v) is 3.64. The normalized spacial score (nSPS) is 15.6. The lowest BCUT2D eigenvalue weighted by Crippen LogP contribution is -2.35. The fourth-order valence-electron chi connectivity index (χ4n) is 2.69. The van der Waals surface area contributed by atoms with Crippen LogP contribution in [-0.2, 0) is 15.8 Å². The van der Waals surface area contributed by atoms with Gasteiger partial charge in [-0.15, -0.1) is 0 Å². The van der Waals surface area contributed by atoms with Gasteiger partial charge in [-0.1, -0.05) is 11.6 Å². The number of carbonyl (C=O) groups excluding carboxylic acids is 2. The Labute approximate surface area is 164 Å². The van der Waals surface area contributed by atoms with Gasteiger partial charge in [0.25, 0.3) is 0 Å². The molecule has 2 heterocycles. The van der Waals surface area contributed by atoms with E-state index in [4.69, 9.17) is 17.3 Å². The minimum Gasteiger partial charge on any atom is -0.369 e. The van der Waals surface area contributed by atoms with E-state index >= 15 is 0 Å². The quantitative estimate of drug-likeness (QED) is 0.709. The van der Waals surface area contributed by atoms with E-state index in [9.17, 15) is 22.8 Å². The summed E-state index contributed by atoms with van der Waals surface area (Å²) in [6.07, 6.45) is -2.77. The van der Waals surface area contributed by atoms with E-state index in [2.05, 4.69) is 4.98 Å². The Bertz CT molecular complexity index is 690. The molecule has 1 aliphatic rings. The zero-order chi connectivity index (χ0) is 20.0. The first-order valence-electron chi connectivity index (χ1n) is 8.30. The Hall–Kier alpha value is -1.68. The van der Waals surface area contributed by atoms with Crippen LogP contribution in [0.3, 0.4) is 0 Å². The number of amides is 2. The minimum absolute atomic E-state index is 0.0275. The highest BCUT2D eigenvalue weighted by molar-refractivity contribution is 7.99. The number of anilines is 1. The summed E-state index contributed by atoms with van der Waals surface area (Å²) in [5, 5.41) is -0.0625. The van der Waals surface area contributed by atoms with Crippen molar-refractivity contribution < 1.29 is 22.8 Å². The maximum Gasteiger partial charge on any atom is 0.417 e. The van der Waals surface area contributed by atoms with E-state index in [0.717, 1.165) is 12.3 Å². The lowest BCUT2D eigenvalue weighted by Gasteiger charge is -2.24. The number of thioether (sulfide) groups is 1. The maximum atomic E-state index is 12.7. The van der Waals surface area contributed by atoms with E-state index in [1.165, 1.54) is 11.8 Å². The number of pyridine rings is 1. The molecule has 1 saturated heterocycles. The molecule has 1 fully saturated rings. The molecule has 11 heteroatoms. The monoisotopic (exact) mass is 424 g/mol. The summed E-state index contributed by atoms with van der Waals surface area (Å²) in [5.74, 6) is 0.531. The van der Waals surface area contributed by atoms with Gasteiger partial charge in [0.05, 0.1) is 16.3 Å². The molecule has 0 spiro atoms. The first kappa shape index (κ1) is 21.6. The van der Waals surface area contributed by atoms with Crippen LogP contribution in [0.25, 0.3) is 0 Å². The molecule has 27 heavy (non-hydrogen) atoms. The molecular formula is C16H20ClF3N4O2S. The summed E-state index contributed by atoms with van der Waals surface area (Å²) in [7, 11) is 0. The largest absolute Gasteiger partial charge is 0.417 e. The minimum atomic E-state index is -4.50. The number of hydrogen-bond donors (Lipinski definition) is 1. The summed E-state index contributed by atoms with van der Waals surface area (Å²) in [5.41, 5.74) is 4.16. The van der Waals surface area contributed by atoms with Crippen LogP contribution < -0.4 is 10.6 Å². The number of nitrogens with two attached hydrogens (primary N) is 1. The van der Waals surface area contributed by atoms with Crippen LogP contribution in [-0.4, -0.2) is 59.4 Å². The molecule has 1 aromatic rings. The van der Waals surface area contributed by atoms with Crippen molar-refractivity contribution in [1.82, 2.24) is 9.88 Å². The highest BCUT2D eigenvalue weighted by Crippen LogP contribution is 2.33. The molecule has 2 rings (SSSR count). The number of nitrogens with zero attached hydrogens (tertiary/aromatic N) is 3. The van der Waals surface area contributed by atoms with Crippen molar-refractivity contribution in [2.75, 3.05) is 42.6 Å². The van der Waals surface area contributed by atoms with Crippen molar-refractivity contribution in [3.8, 4) is 0 Å². The number of alkyl halides is 3. The predicted octanol–water partition coefficient (Wildman–Crippen LogP) is 2.40. The number of halogens is 4. The van der Waals surface area contributed by atoms with E-state index in [0.29, 0.717) is 44.8 Å². The number of aromatic nitrogens is 1. The first-order chi connectivity index (χ1) is 12.7. The maximum absolute atomic E-state index is 12.7. The molecule has 150 valence electrons. The smallest absolute Gasteiger partial charge is 0.369 e. The van der Waals surface area contributed by atoms with Crippen molar-refractivity contribution in [3.63, 3.8) is 0 Å². The molecule has 2 N–H and O–H groups in total. The van der Waals surface area contributed by atoms with Gasteiger partial charge in [-0.25, -0.2) is 4.98 Å². The van der Waals surface area contributed by atoms with Gasteiger partial charge in [0.2, 0.25) is 11.8 Å². The molecule has 2 amide bonds. The number of primary amides is 1. The summed E-state index contributed by atoms with van der Waals surface area (Å²) in [6.45, 7) is 1.95. The SMILES string of the molecule is NC(=O)CSCCC(=O)N1CCCN(c2ncc(C(F)(F)F)cc2Cl)CC1. The van der Waals surface area contributed by atoms with Gasteiger partial charge in [0.1, 0.15) is 5.82 Å². The molecule has 1 aromatic heterocycles. The molecule has 0 saturated carbocycles. The molecule has 0 aromatic carbocycles. The number of rotatable bonds is 6. The Morgan fingerprint density at radius 3 is 2.63 bits per heavy atom. The highest BCUT2D eigenvalue weighted by Gasteiger charge is 2.32. The lowest BCUT2D eigenvalue weighted by atomic mass is 10.2. The third-order valence-corrected chi connectivity index (χ3v) is 5.26. The second-order valence-electron chi connectivity index (χ2n) is 6.02. The van der Waals surface area contributed by atoms with Crippen LogP contribution in [0.2, 0.25) is 5.02 Å². The average Bonchev–Trinajstić information content (AvgIpc) is 2.83. The van der Waals surface area contributed by atoms with Crippen LogP contribution in [0.5, 0.6) is 0 Å². The molecule has 0 aliphatic carbocycles. The molecular weight excluding hydrogens is 405 g/mol. The van der Waals surface area contributed by atoms with Crippen molar-refractivity contribution >= 4 is 41.0 Å². The summed E-state index contributed by atoms with van der Waals surface area (Å²) >= 11 is 7.32. The van der Waals surface area contributed by atoms with Crippen molar-refractivity contribution in [3.05, 3.63) is 22.8 Å². The summed E-state index contributed by atoms with van der Waals surface area (Å²) < 4.78 is 38.2. The second-order valence-corrected chi connectivity index (χ2v) is 7.53. The van der Waals surface area contributed by atoms with Crippen LogP contribution in [0.4, 0.5) is 19.0 Å².